The predicted molar refractivity (Wildman–Crippen MR) is 162 cm³/mol. The van der Waals surface area contributed by atoms with Crippen molar-refractivity contribution in [2.24, 2.45) is 0 Å². The zero-order valence-corrected chi connectivity index (χ0v) is 24.7. The number of aliphatic hydroxyl groups is 1. The number of likely N-dealkylation sites (tertiary alicyclic amines) is 1. The first-order valence-electron chi connectivity index (χ1n) is 14.7. The molecule has 2 aliphatic rings. The Morgan fingerprint density at radius 1 is 0.930 bits per heavy atom. The molecule has 3 aromatic carbocycles. The number of morpholine rings is 1. The highest BCUT2D eigenvalue weighted by Crippen LogP contribution is 2.42. The molecule has 5 rings (SSSR count). The van der Waals surface area contributed by atoms with Gasteiger partial charge < -0.3 is 29.0 Å². The van der Waals surface area contributed by atoms with Crippen LogP contribution in [0.5, 0.6) is 17.2 Å². The lowest BCUT2D eigenvalue weighted by atomic mass is 9.95. The van der Waals surface area contributed by atoms with Gasteiger partial charge in [0.2, 0.25) is 0 Å². The molecule has 1 atom stereocenters. The molecule has 1 unspecified atom stereocenters. The molecule has 0 aromatic heterocycles. The Kier molecular flexibility index (Phi) is 9.96. The molecule has 0 bridgehead atoms. The van der Waals surface area contributed by atoms with E-state index in [9.17, 15) is 14.7 Å². The van der Waals surface area contributed by atoms with Crippen LogP contribution in [0.4, 0.5) is 0 Å². The van der Waals surface area contributed by atoms with Gasteiger partial charge in [-0.2, -0.15) is 0 Å². The number of aliphatic hydroxyl groups excluding tert-OH is 1. The molecule has 2 saturated heterocycles. The maximum atomic E-state index is 13.5. The molecule has 9 heteroatoms. The average molecular weight is 587 g/mol. The van der Waals surface area contributed by atoms with Gasteiger partial charge in [0, 0.05) is 31.7 Å². The van der Waals surface area contributed by atoms with Crippen LogP contribution < -0.4 is 14.2 Å². The number of nitrogens with zero attached hydrogens (tertiary/aromatic N) is 2. The van der Waals surface area contributed by atoms with Gasteiger partial charge in [-0.3, -0.25) is 14.5 Å². The van der Waals surface area contributed by atoms with Crippen molar-refractivity contribution in [2.75, 3.05) is 53.1 Å². The van der Waals surface area contributed by atoms with E-state index in [1.165, 1.54) is 0 Å². The Morgan fingerprint density at radius 2 is 1.67 bits per heavy atom. The number of rotatable bonds is 12. The van der Waals surface area contributed by atoms with Crippen molar-refractivity contribution in [2.45, 2.75) is 26.0 Å². The number of ether oxygens (including phenoxy) is 4. The van der Waals surface area contributed by atoms with Gasteiger partial charge in [-0.05, 0) is 60.9 Å². The number of hydrogen-bond donors (Lipinski definition) is 1. The minimum absolute atomic E-state index is 0.0435. The van der Waals surface area contributed by atoms with E-state index < -0.39 is 17.7 Å². The first-order chi connectivity index (χ1) is 21.0. The summed E-state index contributed by atoms with van der Waals surface area (Å²) in [5.41, 5.74) is 2.13. The number of Topliss-reactive ketones (excluding diaryl/α,β-unsaturated/α-hetero) is 1. The Bertz CT molecular complexity index is 1430. The molecular weight excluding hydrogens is 548 g/mol. The summed E-state index contributed by atoms with van der Waals surface area (Å²) in [6, 6.07) is 21.2. The van der Waals surface area contributed by atoms with E-state index >= 15 is 0 Å². The van der Waals surface area contributed by atoms with Crippen LogP contribution in [0, 0.1) is 0 Å². The van der Waals surface area contributed by atoms with Crippen LogP contribution >= 0.6 is 0 Å². The molecule has 0 spiro atoms. The van der Waals surface area contributed by atoms with Gasteiger partial charge in [-0.1, -0.05) is 36.4 Å². The highest BCUT2D eigenvalue weighted by molar-refractivity contribution is 6.46. The van der Waals surface area contributed by atoms with Crippen LogP contribution in [0.15, 0.2) is 78.4 Å². The molecule has 0 radical (unpaired) electrons. The monoisotopic (exact) mass is 586 g/mol. The lowest BCUT2D eigenvalue weighted by molar-refractivity contribution is -0.140. The number of methoxy groups -OCH3 is 1. The fourth-order valence-electron chi connectivity index (χ4n) is 5.47. The molecule has 43 heavy (non-hydrogen) atoms. The van der Waals surface area contributed by atoms with Crippen molar-refractivity contribution in [3.63, 3.8) is 0 Å². The number of carbonyl (C=O) groups is 2. The molecule has 3 aromatic rings. The number of hydrogen-bond acceptors (Lipinski definition) is 8. The second-order valence-electron chi connectivity index (χ2n) is 10.4. The largest absolute Gasteiger partial charge is 0.507 e. The number of amides is 1. The Balaban J connectivity index is 1.49. The highest BCUT2D eigenvalue weighted by Gasteiger charge is 2.46. The highest BCUT2D eigenvalue weighted by atomic mass is 16.5. The Hall–Kier alpha value is -4.34. The summed E-state index contributed by atoms with van der Waals surface area (Å²) in [5, 5.41) is 11.4. The molecular formula is C34H38N2O7. The number of benzene rings is 3. The molecule has 0 saturated carbocycles. The van der Waals surface area contributed by atoms with Crippen LogP contribution in [0.1, 0.15) is 36.1 Å². The molecule has 9 nitrogen and oxygen atoms in total. The normalized spacial score (nSPS) is 18.6. The third-order valence-electron chi connectivity index (χ3n) is 7.70. The van der Waals surface area contributed by atoms with Crippen molar-refractivity contribution in [1.29, 1.82) is 0 Å². The van der Waals surface area contributed by atoms with E-state index in [0.717, 1.165) is 25.2 Å². The molecule has 0 aliphatic carbocycles. The second kappa shape index (κ2) is 14.2. The molecule has 2 fully saturated rings. The first kappa shape index (κ1) is 30.1. The topological polar surface area (TPSA) is 97.8 Å². The zero-order chi connectivity index (χ0) is 30.2. The number of carbonyl (C=O) groups excluding carboxylic acids is 2. The lowest BCUT2D eigenvalue weighted by Crippen LogP contribution is -2.39. The summed E-state index contributed by atoms with van der Waals surface area (Å²) in [6.07, 6.45) is 0.669. The van der Waals surface area contributed by atoms with Crippen LogP contribution in [0.2, 0.25) is 0 Å². The third-order valence-corrected chi connectivity index (χ3v) is 7.70. The van der Waals surface area contributed by atoms with Crippen molar-refractivity contribution in [1.82, 2.24) is 9.80 Å². The van der Waals surface area contributed by atoms with Crippen LogP contribution in [-0.2, 0) is 20.9 Å². The quantitative estimate of drug-likeness (QED) is 0.183. The predicted octanol–water partition coefficient (Wildman–Crippen LogP) is 4.82. The van der Waals surface area contributed by atoms with Crippen molar-refractivity contribution >= 4 is 17.4 Å². The zero-order valence-electron chi connectivity index (χ0n) is 24.7. The van der Waals surface area contributed by atoms with E-state index in [1.54, 1.807) is 48.4 Å². The lowest BCUT2D eigenvalue weighted by Gasteiger charge is -2.29. The maximum absolute atomic E-state index is 13.5. The van der Waals surface area contributed by atoms with Gasteiger partial charge in [-0.25, -0.2) is 0 Å². The van der Waals surface area contributed by atoms with Gasteiger partial charge in [0.05, 0.1) is 38.5 Å². The summed E-state index contributed by atoms with van der Waals surface area (Å²) < 4.78 is 22.8. The van der Waals surface area contributed by atoms with Gasteiger partial charge >= 0.3 is 0 Å². The van der Waals surface area contributed by atoms with Gasteiger partial charge in [-0.15, -0.1) is 0 Å². The smallest absolute Gasteiger partial charge is 0.295 e. The fourth-order valence-corrected chi connectivity index (χ4v) is 5.47. The minimum atomic E-state index is -0.797. The van der Waals surface area contributed by atoms with Crippen molar-refractivity contribution in [3.05, 3.63) is 95.1 Å². The summed E-state index contributed by atoms with van der Waals surface area (Å²) >= 11 is 0. The van der Waals surface area contributed by atoms with Gasteiger partial charge in [0.25, 0.3) is 11.7 Å². The van der Waals surface area contributed by atoms with Crippen molar-refractivity contribution < 1.29 is 33.6 Å². The SMILES string of the molecule is CCOc1cc(C2/C(=C(\O)c3ccc(OC)cc3)C(=O)C(=O)N2CCCN2CCOCC2)ccc1OCc1ccccc1. The standard InChI is InChI=1S/C34H38N2O7/c1-3-42-29-22-26(12-15-28(29)43-23-24-8-5-4-6-9-24)31-30(32(37)25-10-13-27(40-2)14-11-25)33(38)34(39)36(31)17-7-16-35-18-20-41-21-19-35/h4-6,8-15,22,31,37H,3,7,16-21,23H2,1-2H3/b32-30+. The maximum Gasteiger partial charge on any atom is 0.295 e. The minimum Gasteiger partial charge on any atom is -0.507 e. The van der Waals surface area contributed by atoms with Crippen LogP contribution in [0.3, 0.4) is 0 Å². The van der Waals surface area contributed by atoms with Gasteiger partial charge in [0.15, 0.2) is 11.5 Å². The van der Waals surface area contributed by atoms with Gasteiger partial charge in [0.1, 0.15) is 18.1 Å². The first-order valence-corrected chi connectivity index (χ1v) is 14.7. The van der Waals surface area contributed by atoms with Crippen molar-refractivity contribution in [3.8, 4) is 17.2 Å². The summed E-state index contributed by atoms with van der Waals surface area (Å²) in [7, 11) is 1.56. The van der Waals surface area contributed by atoms with Crippen LogP contribution in [-0.4, -0.2) is 79.7 Å². The summed E-state index contributed by atoms with van der Waals surface area (Å²) in [4.78, 5) is 30.9. The second-order valence-corrected chi connectivity index (χ2v) is 10.4. The average Bonchev–Trinajstić information content (AvgIpc) is 3.30. The Labute approximate surface area is 252 Å². The fraction of sp³-hybridized carbons (Fsp3) is 0.353. The number of ketones is 1. The molecule has 226 valence electrons. The summed E-state index contributed by atoms with van der Waals surface area (Å²) in [5.74, 6) is 0.0813. The van der Waals surface area contributed by atoms with E-state index in [4.69, 9.17) is 18.9 Å². The molecule has 1 amide bonds. The molecule has 2 aliphatic heterocycles. The molecule has 1 N–H and O–H groups in total. The Morgan fingerprint density at radius 3 is 2.37 bits per heavy atom. The summed E-state index contributed by atoms with van der Waals surface area (Å²) in [6.45, 7) is 6.81. The van der Waals surface area contributed by atoms with E-state index in [2.05, 4.69) is 4.90 Å². The van der Waals surface area contributed by atoms with E-state index in [-0.39, 0.29) is 11.3 Å². The van der Waals surface area contributed by atoms with E-state index in [0.29, 0.717) is 67.8 Å². The van der Waals surface area contributed by atoms with E-state index in [1.807, 2.05) is 43.3 Å². The molecule has 2 heterocycles. The third kappa shape index (κ3) is 7.01. The van der Waals surface area contributed by atoms with Crippen LogP contribution in [0.25, 0.3) is 5.76 Å².